The molecule has 1 heterocycles. The van der Waals surface area contributed by atoms with Crippen molar-refractivity contribution in [2.45, 2.75) is 13.5 Å². The molecule has 0 radical (unpaired) electrons. The van der Waals surface area contributed by atoms with Crippen LogP contribution in [0.1, 0.15) is 12.5 Å². The summed E-state index contributed by atoms with van der Waals surface area (Å²) in [5.74, 6) is 0.726. The van der Waals surface area contributed by atoms with E-state index in [9.17, 15) is 4.79 Å². The molecular formula is C18H21NO3. The van der Waals surface area contributed by atoms with Crippen molar-refractivity contribution < 1.29 is 14.3 Å². The van der Waals surface area contributed by atoms with Gasteiger partial charge < -0.3 is 14.4 Å². The molecule has 1 fully saturated rings. The predicted molar refractivity (Wildman–Crippen MR) is 87.5 cm³/mol. The Morgan fingerprint density at radius 1 is 1.32 bits per heavy atom. The number of carbonyl (C=O) groups is 1. The van der Waals surface area contributed by atoms with Gasteiger partial charge in [0.1, 0.15) is 0 Å². The number of hydrogen-bond donors (Lipinski definition) is 0. The maximum Gasteiger partial charge on any atom is 0.258 e. The average Bonchev–Trinajstić information content (AvgIpc) is 2.82. The summed E-state index contributed by atoms with van der Waals surface area (Å²) in [6.07, 6.45) is 3.73. The third-order valence-electron chi connectivity index (χ3n) is 3.62. The molecular weight excluding hydrogens is 278 g/mol. The Balaban J connectivity index is 2.19. The summed E-state index contributed by atoms with van der Waals surface area (Å²) in [5.41, 5.74) is 3.37. The second kappa shape index (κ2) is 7.09. The number of nitrogens with zero attached hydrogens (tertiary/aromatic N) is 1. The molecule has 1 saturated heterocycles. The smallest absolute Gasteiger partial charge is 0.258 e. The molecule has 0 unspecified atom stereocenters. The Morgan fingerprint density at radius 3 is 2.59 bits per heavy atom. The van der Waals surface area contributed by atoms with Crippen LogP contribution in [0.5, 0.6) is 0 Å². The number of carbonyl (C=O) groups excluding carboxylic acids is 1. The molecule has 1 amide bonds. The number of amides is 1. The lowest BCUT2D eigenvalue weighted by molar-refractivity contribution is -0.114. The number of methoxy groups -OCH3 is 2. The van der Waals surface area contributed by atoms with Gasteiger partial charge in [-0.2, -0.15) is 0 Å². The topological polar surface area (TPSA) is 38.8 Å². The van der Waals surface area contributed by atoms with Gasteiger partial charge in [0.25, 0.3) is 5.91 Å². The zero-order valence-corrected chi connectivity index (χ0v) is 13.3. The third kappa shape index (κ3) is 3.46. The molecule has 116 valence electrons. The average molecular weight is 299 g/mol. The molecule has 0 saturated carbocycles. The van der Waals surface area contributed by atoms with E-state index < -0.39 is 0 Å². The highest BCUT2D eigenvalue weighted by atomic mass is 16.5. The Labute approximate surface area is 131 Å². The number of benzene rings is 1. The van der Waals surface area contributed by atoms with Crippen molar-refractivity contribution in [1.29, 1.82) is 0 Å². The maximum absolute atomic E-state index is 12.3. The second-order valence-corrected chi connectivity index (χ2v) is 5.14. The quantitative estimate of drug-likeness (QED) is 0.619. The van der Waals surface area contributed by atoms with Crippen LogP contribution in [-0.2, 0) is 20.9 Å². The highest BCUT2D eigenvalue weighted by Gasteiger charge is 2.29. The second-order valence-electron chi connectivity index (χ2n) is 5.14. The van der Waals surface area contributed by atoms with Crippen molar-refractivity contribution >= 4 is 11.6 Å². The summed E-state index contributed by atoms with van der Waals surface area (Å²) in [6, 6.07) is 7.79. The van der Waals surface area contributed by atoms with Crippen LogP contribution in [0.2, 0.25) is 0 Å². The highest BCUT2D eigenvalue weighted by Crippen LogP contribution is 2.28. The Bertz CT molecular complexity index is 626. The van der Waals surface area contributed by atoms with Crippen LogP contribution in [0.15, 0.2) is 59.9 Å². The number of hydrogen-bond acceptors (Lipinski definition) is 3. The first-order chi connectivity index (χ1) is 10.6. The summed E-state index contributed by atoms with van der Waals surface area (Å²) in [6.45, 7) is 6.84. The van der Waals surface area contributed by atoms with Gasteiger partial charge >= 0.3 is 0 Å². The van der Waals surface area contributed by atoms with E-state index in [2.05, 4.69) is 6.58 Å². The van der Waals surface area contributed by atoms with Crippen molar-refractivity contribution in [1.82, 2.24) is 0 Å². The van der Waals surface area contributed by atoms with Gasteiger partial charge in [-0.3, -0.25) is 4.79 Å². The lowest BCUT2D eigenvalue weighted by Gasteiger charge is -2.15. The van der Waals surface area contributed by atoms with E-state index in [1.165, 1.54) is 0 Å². The van der Waals surface area contributed by atoms with E-state index in [0.29, 0.717) is 18.7 Å². The van der Waals surface area contributed by atoms with Gasteiger partial charge in [-0.25, -0.2) is 0 Å². The lowest BCUT2D eigenvalue weighted by atomic mass is 10.1. The molecule has 1 aromatic carbocycles. The molecule has 0 bridgehead atoms. The Hall–Kier alpha value is -2.33. The number of anilines is 1. The van der Waals surface area contributed by atoms with Gasteiger partial charge in [0.2, 0.25) is 0 Å². The van der Waals surface area contributed by atoms with Gasteiger partial charge in [0, 0.05) is 18.4 Å². The number of rotatable bonds is 5. The van der Waals surface area contributed by atoms with Gasteiger partial charge in [0.15, 0.2) is 0 Å². The fourth-order valence-electron chi connectivity index (χ4n) is 2.22. The van der Waals surface area contributed by atoms with E-state index in [-0.39, 0.29) is 5.91 Å². The first-order valence-electron chi connectivity index (χ1n) is 7.07. The molecule has 2 rings (SSSR count). The summed E-state index contributed by atoms with van der Waals surface area (Å²) in [4.78, 5) is 14.1. The van der Waals surface area contributed by atoms with Crippen LogP contribution in [0, 0.1) is 0 Å². The molecule has 0 spiro atoms. The fraction of sp³-hybridized carbons (Fsp3) is 0.278. The van der Waals surface area contributed by atoms with Gasteiger partial charge in [-0.15, -0.1) is 0 Å². The first-order valence-corrected chi connectivity index (χ1v) is 7.07. The maximum atomic E-state index is 12.3. The molecule has 1 aliphatic rings. The van der Waals surface area contributed by atoms with Crippen molar-refractivity contribution in [3.63, 3.8) is 0 Å². The summed E-state index contributed by atoms with van der Waals surface area (Å²) in [7, 11) is 3.28. The predicted octanol–water partition coefficient (Wildman–Crippen LogP) is 3.21. The van der Waals surface area contributed by atoms with Crippen LogP contribution in [0.4, 0.5) is 5.69 Å². The zero-order chi connectivity index (χ0) is 16.1. The molecule has 0 atom stereocenters. The van der Waals surface area contributed by atoms with E-state index in [1.807, 2.05) is 43.3 Å². The molecule has 1 aromatic rings. The minimum Gasteiger partial charge on any atom is -0.501 e. The molecule has 4 nitrogen and oxygen atoms in total. The zero-order valence-electron chi connectivity index (χ0n) is 13.3. The van der Waals surface area contributed by atoms with E-state index >= 15 is 0 Å². The first kappa shape index (κ1) is 16.0. The van der Waals surface area contributed by atoms with Crippen LogP contribution in [0.25, 0.3) is 0 Å². The largest absolute Gasteiger partial charge is 0.501 e. The molecule has 4 heteroatoms. The molecule has 1 aliphatic heterocycles. The van der Waals surface area contributed by atoms with Crippen molar-refractivity contribution in [2.24, 2.45) is 0 Å². The summed E-state index contributed by atoms with van der Waals surface area (Å²) >= 11 is 0. The van der Waals surface area contributed by atoms with Crippen LogP contribution >= 0.6 is 0 Å². The van der Waals surface area contributed by atoms with Gasteiger partial charge in [0.05, 0.1) is 26.0 Å². The fourth-order valence-corrected chi connectivity index (χ4v) is 2.22. The van der Waals surface area contributed by atoms with Crippen LogP contribution in [0.3, 0.4) is 0 Å². The molecule has 22 heavy (non-hydrogen) atoms. The molecule has 0 aliphatic carbocycles. The lowest BCUT2D eigenvalue weighted by Crippen LogP contribution is -2.24. The highest BCUT2D eigenvalue weighted by molar-refractivity contribution is 6.12. The van der Waals surface area contributed by atoms with Crippen molar-refractivity contribution in [2.75, 3.05) is 25.7 Å². The van der Waals surface area contributed by atoms with E-state index in [1.54, 1.807) is 19.1 Å². The minimum atomic E-state index is -0.0609. The molecule has 0 aromatic heterocycles. The molecule has 0 N–H and O–H groups in total. The van der Waals surface area contributed by atoms with E-state index in [0.717, 1.165) is 22.6 Å². The van der Waals surface area contributed by atoms with E-state index in [4.69, 9.17) is 9.47 Å². The monoisotopic (exact) mass is 299 g/mol. The van der Waals surface area contributed by atoms with Crippen molar-refractivity contribution in [3.8, 4) is 0 Å². The standard InChI is InChI=1S/C18H21NO3/c1-13(22-4)5-8-16-11-19(18(20)14(16)2)17-9-6-15(7-10-17)12-21-3/h5-10H,2,11-12H2,1,3-4H3/b13-5+,16-8-. The minimum absolute atomic E-state index is 0.0609. The summed E-state index contributed by atoms with van der Waals surface area (Å²) in [5, 5.41) is 0. The van der Waals surface area contributed by atoms with Crippen LogP contribution in [-0.4, -0.2) is 26.7 Å². The third-order valence-corrected chi connectivity index (χ3v) is 3.62. The van der Waals surface area contributed by atoms with Crippen LogP contribution < -0.4 is 4.90 Å². The van der Waals surface area contributed by atoms with Gasteiger partial charge in [-0.05, 0) is 36.3 Å². The number of allylic oxidation sites excluding steroid dienone is 3. The van der Waals surface area contributed by atoms with Gasteiger partial charge in [-0.1, -0.05) is 24.8 Å². The Kier molecular flexibility index (Phi) is 5.17. The normalized spacial score (nSPS) is 17.5. The SMILES string of the molecule is C=C1C(=O)N(c2ccc(COC)cc2)C/C1=C/C=C(\C)OC. The summed E-state index contributed by atoms with van der Waals surface area (Å²) < 4.78 is 10.2. The Morgan fingerprint density at radius 2 is 2.00 bits per heavy atom. The van der Waals surface area contributed by atoms with Crippen molar-refractivity contribution in [3.05, 3.63) is 65.5 Å². The number of ether oxygens (including phenoxy) is 2.